The van der Waals surface area contributed by atoms with Crippen LogP contribution in [0, 0.1) is 10.1 Å². The number of hydrogen-bond donors (Lipinski definition) is 2. The van der Waals surface area contributed by atoms with E-state index in [1.807, 2.05) is 0 Å². The lowest BCUT2D eigenvalue weighted by atomic mass is 10.1. The predicted molar refractivity (Wildman–Crippen MR) is 111 cm³/mol. The first-order valence-corrected chi connectivity index (χ1v) is 9.56. The number of hydrogen-bond acceptors (Lipinski definition) is 7. The molecule has 0 bridgehead atoms. The van der Waals surface area contributed by atoms with Crippen molar-refractivity contribution in [3.63, 3.8) is 0 Å². The van der Waals surface area contributed by atoms with Crippen LogP contribution in [0.5, 0.6) is 11.5 Å². The number of nitrogens with one attached hydrogen (secondary N) is 2. The van der Waals surface area contributed by atoms with E-state index >= 15 is 0 Å². The number of H-pyrrole nitrogens is 1. The fourth-order valence-corrected chi connectivity index (χ4v) is 3.64. The summed E-state index contributed by atoms with van der Waals surface area (Å²) in [5, 5.41) is 15.5. The molecule has 0 spiro atoms. The summed E-state index contributed by atoms with van der Waals surface area (Å²) in [4.78, 5) is 29.7. The number of nitrogens with zero attached hydrogens (tertiary/aromatic N) is 2. The fourth-order valence-electron chi connectivity index (χ4n) is 3.64. The molecule has 9 nitrogen and oxygen atoms in total. The number of anilines is 1. The van der Waals surface area contributed by atoms with Crippen LogP contribution in [-0.4, -0.2) is 47.8 Å². The molecule has 1 aliphatic heterocycles. The summed E-state index contributed by atoms with van der Waals surface area (Å²) < 4.78 is 10.7. The van der Waals surface area contributed by atoms with E-state index in [1.54, 1.807) is 18.2 Å². The Kier molecular flexibility index (Phi) is 4.98. The van der Waals surface area contributed by atoms with E-state index in [0.717, 1.165) is 19.6 Å². The van der Waals surface area contributed by atoms with Crippen LogP contribution in [0.2, 0.25) is 0 Å². The van der Waals surface area contributed by atoms with Crippen LogP contribution >= 0.6 is 0 Å². The topological polar surface area (TPSA) is 110 Å². The molecule has 0 atom stereocenters. The standard InChI is InChI=1S/C20H22N4O5/c1-3-23(4-2)8-7-21-13-5-6-15(24(26)27)19-18(13)20(25)12-9-16-17(29-11-28-16)10-14(12)22-19/h5-6,9-10,21H,3-4,7-8,11H2,1-2H3,(H,22,25). The minimum Gasteiger partial charge on any atom is -0.454 e. The van der Waals surface area contributed by atoms with Crippen molar-refractivity contribution in [2.24, 2.45) is 0 Å². The first-order valence-electron chi connectivity index (χ1n) is 9.56. The molecule has 29 heavy (non-hydrogen) atoms. The molecule has 152 valence electrons. The SMILES string of the molecule is CCN(CC)CCNc1ccc([N+](=O)[O-])c2[nH]c3cc4c(cc3c(=O)c12)OCO4. The zero-order valence-electron chi connectivity index (χ0n) is 16.3. The van der Waals surface area contributed by atoms with Gasteiger partial charge in [-0.05, 0) is 25.2 Å². The number of aromatic amines is 1. The molecule has 1 aliphatic rings. The van der Waals surface area contributed by atoms with Gasteiger partial charge in [-0.25, -0.2) is 0 Å². The maximum atomic E-state index is 13.3. The average molecular weight is 398 g/mol. The molecule has 2 heterocycles. The second-order valence-corrected chi connectivity index (χ2v) is 6.80. The Hall–Kier alpha value is -3.33. The van der Waals surface area contributed by atoms with E-state index in [2.05, 4.69) is 29.0 Å². The summed E-state index contributed by atoms with van der Waals surface area (Å²) >= 11 is 0. The number of likely N-dealkylation sites (N-methyl/N-ethyl adjacent to an activating group) is 1. The van der Waals surface area contributed by atoms with Crippen LogP contribution in [-0.2, 0) is 0 Å². The Balaban J connectivity index is 1.86. The Bertz CT molecular complexity index is 1150. The predicted octanol–water partition coefficient (Wildman–Crippen LogP) is 3.07. The Labute approximate surface area is 166 Å². The summed E-state index contributed by atoms with van der Waals surface area (Å²) in [5.74, 6) is 0.993. The van der Waals surface area contributed by atoms with E-state index in [0.29, 0.717) is 34.6 Å². The molecule has 2 aromatic carbocycles. The molecule has 4 rings (SSSR count). The van der Waals surface area contributed by atoms with Crippen molar-refractivity contribution in [3.8, 4) is 11.5 Å². The molecular weight excluding hydrogens is 376 g/mol. The van der Waals surface area contributed by atoms with Crippen molar-refractivity contribution in [3.05, 3.63) is 44.6 Å². The molecule has 0 amide bonds. The van der Waals surface area contributed by atoms with Gasteiger partial charge in [-0.2, -0.15) is 0 Å². The number of non-ortho nitro benzene ring substituents is 1. The highest BCUT2D eigenvalue weighted by atomic mass is 16.7. The van der Waals surface area contributed by atoms with E-state index < -0.39 is 4.92 Å². The molecule has 1 aromatic heterocycles. The summed E-state index contributed by atoms with van der Waals surface area (Å²) in [6.07, 6.45) is 0. The Morgan fingerprint density at radius 1 is 1.21 bits per heavy atom. The monoisotopic (exact) mass is 398 g/mol. The lowest BCUT2D eigenvalue weighted by Gasteiger charge is -2.19. The van der Waals surface area contributed by atoms with Gasteiger partial charge >= 0.3 is 0 Å². The second-order valence-electron chi connectivity index (χ2n) is 6.80. The summed E-state index contributed by atoms with van der Waals surface area (Å²) in [6, 6.07) is 6.27. The molecule has 0 aliphatic carbocycles. The van der Waals surface area contributed by atoms with Crippen LogP contribution in [0.15, 0.2) is 29.1 Å². The first-order chi connectivity index (χ1) is 14.0. The molecule has 0 saturated carbocycles. The molecular formula is C20H22N4O5. The number of ether oxygens (including phenoxy) is 2. The number of nitro groups is 1. The number of benzene rings is 2. The number of aromatic nitrogens is 1. The first kappa shape index (κ1) is 19.0. The number of nitro benzene ring substituents is 1. The summed E-state index contributed by atoms with van der Waals surface area (Å²) in [7, 11) is 0. The van der Waals surface area contributed by atoms with Gasteiger partial charge in [-0.1, -0.05) is 13.8 Å². The highest BCUT2D eigenvalue weighted by Crippen LogP contribution is 2.36. The van der Waals surface area contributed by atoms with Gasteiger partial charge in [0.05, 0.1) is 21.2 Å². The van der Waals surface area contributed by atoms with Gasteiger partial charge in [0.15, 0.2) is 16.9 Å². The van der Waals surface area contributed by atoms with Gasteiger partial charge in [0, 0.05) is 30.9 Å². The third kappa shape index (κ3) is 3.33. The maximum Gasteiger partial charge on any atom is 0.293 e. The van der Waals surface area contributed by atoms with Crippen molar-refractivity contribution in [1.29, 1.82) is 0 Å². The number of rotatable bonds is 7. The maximum absolute atomic E-state index is 13.3. The van der Waals surface area contributed by atoms with Gasteiger partial charge in [0.2, 0.25) is 6.79 Å². The van der Waals surface area contributed by atoms with Crippen molar-refractivity contribution in [2.75, 3.05) is 38.3 Å². The normalized spacial score (nSPS) is 12.8. The number of fused-ring (bicyclic) bond motifs is 3. The average Bonchev–Trinajstić information content (AvgIpc) is 3.17. The molecule has 0 fully saturated rings. The summed E-state index contributed by atoms with van der Waals surface area (Å²) in [5.41, 5.74) is 0.792. The van der Waals surface area contributed by atoms with E-state index in [4.69, 9.17) is 9.47 Å². The van der Waals surface area contributed by atoms with Crippen LogP contribution in [0.1, 0.15) is 13.8 Å². The molecule has 2 N–H and O–H groups in total. The minimum atomic E-state index is -0.489. The van der Waals surface area contributed by atoms with Crippen molar-refractivity contribution in [1.82, 2.24) is 9.88 Å². The summed E-state index contributed by atoms with van der Waals surface area (Å²) in [6.45, 7) is 7.54. The zero-order valence-corrected chi connectivity index (χ0v) is 16.3. The quantitative estimate of drug-likeness (QED) is 0.357. The van der Waals surface area contributed by atoms with Gasteiger partial charge in [0.1, 0.15) is 5.52 Å². The fraction of sp³-hybridized carbons (Fsp3) is 0.350. The van der Waals surface area contributed by atoms with E-state index in [-0.39, 0.29) is 28.8 Å². The third-order valence-electron chi connectivity index (χ3n) is 5.26. The molecule has 0 radical (unpaired) electrons. The smallest absolute Gasteiger partial charge is 0.293 e. The van der Waals surface area contributed by atoms with Crippen LogP contribution in [0.25, 0.3) is 21.8 Å². The highest BCUT2D eigenvalue weighted by molar-refractivity contribution is 6.03. The van der Waals surface area contributed by atoms with Gasteiger partial charge in [0.25, 0.3) is 5.69 Å². The lowest BCUT2D eigenvalue weighted by Crippen LogP contribution is -2.28. The van der Waals surface area contributed by atoms with Crippen LogP contribution in [0.4, 0.5) is 11.4 Å². The third-order valence-corrected chi connectivity index (χ3v) is 5.26. The largest absolute Gasteiger partial charge is 0.454 e. The molecule has 0 unspecified atom stereocenters. The second kappa shape index (κ2) is 7.59. The molecule has 9 heteroatoms. The lowest BCUT2D eigenvalue weighted by molar-refractivity contribution is -0.383. The molecule has 0 saturated heterocycles. The van der Waals surface area contributed by atoms with Crippen molar-refractivity contribution >= 4 is 33.2 Å². The zero-order chi connectivity index (χ0) is 20.5. The van der Waals surface area contributed by atoms with E-state index in [1.165, 1.54) is 6.07 Å². The van der Waals surface area contributed by atoms with E-state index in [9.17, 15) is 14.9 Å². The van der Waals surface area contributed by atoms with Gasteiger partial charge in [-0.15, -0.1) is 0 Å². The van der Waals surface area contributed by atoms with Crippen LogP contribution in [0.3, 0.4) is 0 Å². The van der Waals surface area contributed by atoms with Gasteiger partial charge < -0.3 is 24.7 Å². The van der Waals surface area contributed by atoms with Crippen molar-refractivity contribution in [2.45, 2.75) is 13.8 Å². The highest BCUT2D eigenvalue weighted by Gasteiger charge is 2.22. The molecule has 3 aromatic rings. The van der Waals surface area contributed by atoms with Crippen molar-refractivity contribution < 1.29 is 14.4 Å². The van der Waals surface area contributed by atoms with Gasteiger partial charge in [-0.3, -0.25) is 14.9 Å². The Morgan fingerprint density at radius 3 is 2.62 bits per heavy atom. The number of pyridine rings is 1. The Morgan fingerprint density at radius 2 is 1.93 bits per heavy atom. The minimum absolute atomic E-state index is 0.0810. The van der Waals surface area contributed by atoms with Crippen LogP contribution < -0.4 is 20.2 Å².